The summed E-state index contributed by atoms with van der Waals surface area (Å²) in [6.45, 7) is 49.0. The van der Waals surface area contributed by atoms with E-state index < -0.39 is 26.4 Å². The molecular weight excluding hydrogens is 1090 g/mol. The maximum absolute atomic E-state index is 7.00. The fourth-order valence-electron chi connectivity index (χ4n) is 0.544. The van der Waals surface area contributed by atoms with Crippen LogP contribution >= 0.6 is 0 Å². The van der Waals surface area contributed by atoms with Crippen LogP contribution in [0.1, 0.15) is 2.85 Å². The van der Waals surface area contributed by atoms with Gasteiger partial charge in [-0.25, -0.2) is 0 Å². The van der Waals surface area contributed by atoms with Crippen LogP contribution < -0.4 is 0 Å². The van der Waals surface area contributed by atoms with Crippen LogP contribution in [0.15, 0.2) is 0 Å². The second-order valence-electron chi connectivity index (χ2n) is 10.8. The van der Waals surface area contributed by atoms with Crippen LogP contribution in [0.25, 0.3) is 0 Å². The molecule has 4 nitrogen and oxygen atoms in total. The zero-order chi connectivity index (χ0) is 31.9. The molecule has 0 aliphatic rings. The third-order valence-electron chi connectivity index (χ3n) is 1.16. The van der Waals surface area contributed by atoms with Gasteiger partial charge in [-0.15, -0.1) is 0 Å². The fourth-order valence-corrected chi connectivity index (χ4v) is 4.90. The quantitative estimate of drug-likeness (QED) is 0.431. The summed E-state index contributed by atoms with van der Waals surface area (Å²) in [5, 5.41) is 7.00. The van der Waals surface area contributed by atoms with Gasteiger partial charge in [-0.3, -0.25) is 0 Å². The number of aliphatic hydroxyl groups is 1. The van der Waals surface area contributed by atoms with Gasteiger partial charge in [0.05, 0.1) is 0 Å². The summed E-state index contributed by atoms with van der Waals surface area (Å²) in [5.41, 5.74) is 0. The Labute approximate surface area is 354 Å². The van der Waals surface area contributed by atoms with Crippen LogP contribution in [-0.4, -0.2) is 204 Å². The molecule has 0 saturated carbocycles. The Hall–Kier alpha value is 5.06. The molecule has 0 aliphatic carbocycles. The Morgan fingerprint density at radius 3 is 0.634 bits per heavy atom. The fraction of sp³-hybridized carbons (Fsp3) is 1.00. The SMILES string of the molecule is CO.CO[Si](C)(C)C.C[SiH](C)O[SiH](C)C.C[SiH]C.C[SiH]C.C[SiH]C.C[Si](C)C.C[Si](C)C.C[Si](C)C.O.[HH].[HH].[SbH3].[SbH3].[Sb].[Sb]. The van der Waals surface area contributed by atoms with Crippen molar-refractivity contribution in [3.8, 4) is 0 Å². The molecule has 17 heteroatoms. The molecule has 0 aromatic rings. The van der Waals surface area contributed by atoms with E-state index in [0.29, 0.717) is 0 Å². The minimum atomic E-state index is -1.13. The number of rotatable bonds is 3. The van der Waals surface area contributed by atoms with Crippen molar-refractivity contribution < 1.29 is 22.0 Å². The first-order chi connectivity index (χ1) is 16.1. The Kier molecular flexibility index (Phi) is 201. The molecule has 0 aromatic carbocycles. The third-order valence-corrected chi connectivity index (χ3v) is 6.74. The Bertz CT molecular complexity index is 268. The van der Waals surface area contributed by atoms with E-state index in [1.807, 2.05) is 0 Å². The summed E-state index contributed by atoms with van der Waals surface area (Å²) >= 11 is 0. The van der Waals surface area contributed by atoms with Crippen LogP contribution in [0.4, 0.5) is 0 Å². The molecule has 0 fully saturated rings. The van der Waals surface area contributed by atoms with Crippen LogP contribution in [0.2, 0.25) is 144 Å². The second-order valence-corrected chi connectivity index (χ2v) is 33.2. The van der Waals surface area contributed by atoms with E-state index in [4.69, 9.17) is 13.6 Å². The van der Waals surface area contributed by atoms with Gasteiger partial charge in [0.2, 0.25) is 0 Å². The topological polar surface area (TPSA) is 70.2 Å². The molecule has 0 aromatic heterocycles. The molecular formula is C24H90O4Sb4Si9. The van der Waals surface area contributed by atoms with Crippen LogP contribution in [-0.2, 0) is 8.54 Å². The predicted octanol–water partition coefficient (Wildman–Crippen LogP) is 4.25. The van der Waals surface area contributed by atoms with Crippen molar-refractivity contribution in [3.63, 3.8) is 0 Å². The van der Waals surface area contributed by atoms with Crippen molar-refractivity contribution in [1.82, 2.24) is 0 Å². The molecule has 0 spiro atoms. The smallest absolute Gasteiger partial charge is 0 e. The van der Waals surface area contributed by atoms with Gasteiger partial charge in [0.15, 0.2) is 26.4 Å². The average molecular weight is 1180 g/mol. The summed E-state index contributed by atoms with van der Waals surface area (Å²) in [4.78, 5) is 0. The first-order valence-electron chi connectivity index (χ1n) is 13.3. The average Bonchev–Trinajstić information content (AvgIpc) is 2.63. The number of aliphatic hydroxyl groups excluding tert-OH is 1. The van der Waals surface area contributed by atoms with Gasteiger partial charge in [0.25, 0.3) is 0 Å². The summed E-state index contributed by atoms with van der Waals surface area (Å²) in [6.07, 6.45) is 0. The minimum absolute atomic E-state index is 0. The molecule has 0 rings (SSSR count). The largest absolute Gasteiger partial charge is 0 e. The Morgan fingerprint density at radius 1 is 0.561 bits per heavy atom. The van der Waals surface area contributed by atoms with Crippen LogP contribution in [0.3, 0.4) is 0 Å². The minimum Gasteiger partial charge on any atom is 0 e. The van der Waals surface area contributed by atoms with Crippen LogP contribution in [0.5, 0.6) is 0 Å². The summed E-state index contributed by atoms with van der Waals surface area (Å²) in [5.74, 6) is 0. The van der Waals surface area contributed by atoms with E-state index in [-0.39, 0.29) is 132 Å². The first kappa shape index (κ1) is 91.0. The molecule has 0 aliphatic heterocycles. The molecule has 0 amide bonds. The second kappa shape index (κ2) is 90.7. The molecule has 0 bridgehead atoms. The van der Waals surface area contributed by atoms with Gasteiger partial charge in [-0.2, -0.15) is 0 Å². The van der Waals surface area contributed by atoms with Crippen molar-refractivity contribution in [2.24, 2.45) is 0 Å². The van der Waals surface area contributed by atoms with Crippen LogP contribution in [0, 0.1) is 0 Å². The molecule has 41 heavy (non-hydrogen) atoms. The van der Waals surface area contributed by atoms with Crippen molar-refractivity contribution in [3.05, 3.63) is 0 Å². The van der Waals surface area contributed by atoms with Gasteiger partial charge in [-0.05, 0) is 45.8 Å². The van der Waals surface area contributed by atoms with E-state index in [0.717, 1.165) is 35.7 Å². The maximum Gasteiger partial charge on any atom is 0 e. The van der Waals surface area contributed by atoms with Gasteiger partial charge in [0, 0.05) is 121 Å². The zero-order valence-electron chi connectivity index (χ0n) is 33.0. The predicted molar refractivity (Wildman–Crippen MR) is 243 cm³/mol. The Morgan fingerprint density at radius 2 is 0.634 bits per heavy atom. The first-order valence-corrected chi connectivity index (χ1v) is 38.2. The van der Waals surface area contributed by atoms with Crippen molar-refractivity contribution in [2.45, 2.75) is 144 Å². The molecule has 0 unspecified atom stereocenters. The van der Waals surface area contributed by atoms with E-state index >= 15 is 0 Å². The van der Waals surface area contributed by atoms with Gasteiger partial charge in [-0.1, -0.05) is 98.2 Å². The van der Waals surface area contributed by atoms with E-state index in [1.165, 1.54) is 0 Å². The van der Waals surface area contributed by atoms with E-state index in [1.54, 1.807) is 7.11 Å². The molecule has 3 N–H and O–H groups in total. The summed E-state index contributed by atoms with van der Waals surface area (Å²) in [6, 6.07) is 0. The molecule has 0 saturated heterocycles. The molecule has 0 heterocycles. The van der Waals surface area contributed by atoms with E-state index in [2.05, 4.69) is 144 Å². The summed E-state index contributed by atoms with van der Waals surface area (Å²) in [7, 11) is 2.92. The summed E-state index contributed by atoms with van der Waals surface area (Å²) < 4.78 is 10.6. The Balaban J connectivity index is -0.0000000136. The molecule has 12 radical (unpaired) electrons. The maximum atomic E-state index is 7.00. The van der Waals surface area contributed by atoms with Crippen molar-refractivity contribution >= 4 is 179 Å². The number of hydrogen-bond donors (Lipinski definition) is 1. The van der Waals surface area contributed by atoms with Gasteiger partial charge < -0.3 is 19.1 Å². The van der Waals surface area contributed by atoms with Gasteiger partial charge in [0.1, 0.15) is 0 Å². The molecule has 266 valence electrons. The van der Waals surface area contributed by atoms with Gasteiger partial charge >= 0.3 is 48.9 Å². The zero-order valence-corrected chi connectivity index (χ0v) is 55.9. The monoisotopic (exact) mass is 1180 g/mol. The van der Waals surface area contributed by atoms with E-state index in [9.17, 15) is 0 Å². The molecule has 0 atom stereocenters. The van der Waals surface area contributed by atoms with Crippen molar-refractivity contribution in [2.75, 3.05) is 14.2 Å². The third kappa shape index (κ3) is 574. The standard InChI is InChI=1S/C4H14OSi2.C4H12OSi.3C3H9Si.3C2H7Si.CH4O.H2O.4Sb.2H2.6H/c1-6(2)5-7(3)4;1-5-6(2,3)4;3*1-4(2)3;3*1-3-2;1-2;;;;;;;;;;;;;/h6-7H,1-4H3;1-4H3;3*1-3H3;3*3H,1-2H3;2H,1H3;1H2;;;;;2*1H;;;;;;. The normalized spacial score (nSPS) is 7.76. The number of hydrogen-bond acceptors (Lipinski definition) is 3. The van der Waals surface area contributed by atoms with Crippen molar-refractivity contribution in [1.29, 1.82) is 0 Å².